The smallest absolute Gasteiger partial charge is 0.317 e. The minimum Gasteiger partial charge on any atom is -0.480 e. The molecule has 0 spiro atoms. The lowest BCUT2D eigenvalue weighted by atomic mass is 10.3. The molecule has 1 heterocycles. The Hall–Kier alpha value is -1.20. The molecule has 12 heteroatoms. The molecule has 1 fully saturated rings. The lowest BCUT2D eigenvalue weighted by molar-refractivity contribution is -0.139. The number of carbonyl (C=O) groups is 3. The van der Waals surface area contributed by atoms with Crippen LogP contribution in [-0.2, 0) is 14.4 Å². The van der Waals surface area contributed by atoms with Gasteiger partial charge < -0.3 is 24.8 Å². The second-order valence-corrected chi connectivity index (χ2v) is 7.47. The Balaban J connectivity index is 2.85. The fourth-order valence-electron chi connectivity index (χ4n) is 2.89. The third kappa shape index (κ3) is 11.3. The van der Waals surface area contributed by atoms with Crippen molar-refractivity contribution in [1.29, 1.82) is 0 Å². The molecule has 0 aliphatic carbocycles. The molecule has 1 aliphatic heterocycles. The van der Waals surface area contributed by atoms with Crippen LogP contribution in [0.4, 0.5) is 0 Å². The SMILES string of the molecule is O=CCN1CCN(CC(=O)O)CCN(CP(O)O)CCN(CC(=O)O)CC1. The summed E-state index contributed by atoms with van der Waals surface area (Å²) in [6, 6.07) is 0. The average molecular weight is 408 g/mol. The van der Waals surface area contributed by atoms with E-state index in [1.807, 2.05) is 4.90 Å². The first-order valence-corrected chi connectivity index (χ1v) is 10.1. The highest BCUT2D eigenvalue weighted by Gasteiger charge is 2.19. The summed E-state index contributed by atoms with van der Waals surface area (Å²) in [7, 11) is -2.14. The molecule has 0 aromatic heterocycles. The van der Waals surface area contributed by atoms with E-state index in [9.17, 15) is 24.2 Å². The number of nitrogens with zero attached hydrogens (tertiary/aromatic N) is 4. The number of hydrogen-bond acceptors (Lipinski definition) is 9. The predicted molar refractivity (Wildman–Crippen MR) is 98.5 cm³/mol. The summed E-state index contributed by atoms with van der Waals surface area (Å²) in [5, 5.41) is 18.2. The van der Waals surface area contributed by atoms with Crippen LogP contribution in [0, 0.1) is 0 Å². The minimum atomic E-state index is -2.14. The molecular formula is C15H29N4O7P. The van der Waals surface area contributed by atoms with Gasteiger partial charge in [0.05, 0.1) is 25.9 Å². The highest BCUT2D eigenvalue weighted by Crippen LogP contribution is 2.23. The Kier molecular flexibility index (Phi) is 11.5. The lowest BCUT2D eigenvalue weighted by Crippen LogP contribution is -2.48. The van der Waals surface area contributed by atoms with E-state index in [0.29, 0.717) is 52.4 Å². The molecule has 0 atom stereocenters. The Morgan fingerprint density at radius 2 is 1.11 bits per heavy atom. The van der Waals surface area contributed by atoms with Crippen molar-refractivity contribution in [2.45, 2.75) is 0 Å². The molecular weight excluding hydrogens is 379 g/mol. The highest BCUT2D eigenvalue weighted by molar-refractivity contribution is 7.44. The fraction of sp³-hybridized carbons (Fsp3) is 0.800. The second kappa shape index (κ2) is 13.1. The van der Waals surface area contributed by atoms with E-state index in [0.717, 1.165) is 6.29 Å². The van der Waals surface area contributed by atoms with Crippen LogP contribution in [0.15, 0.2) is 0 Å². The molecule has 1 rings (SSSR count). The van der Waals surface area contributed by atoms with Gasteiger partial charge in [-0.3, -0.25) is 29.2 Å². The van der Waals surface area contributed by atoms with Crippen LogP contribution in [0.1, 0.15) is 0 Å². The third-order valence-corrected chi connectivity index (χ3v) is 4.96. The predicted octanol–water partition coefficient (Wildman–Crippen LogP) is -2.17. The molecule has 156 valence electrons. The fourth-order valence-corrected chi connectivity index (χ4v) is 3.53. The monoisotopic (exact) mass is 408 g/mol. The van der Waals surface area contributed by atoms with E-state index in [-0.39, 0.29) is 25.9 Å². The van der Waals surface area contributed by atoms with Gasteiger partial charge >= 0.3 is 11.9 Å². The summed E-state index contributed by atoms with van der Waals surface area (Å²) in [5.41, 5.74) is 0. The number of aldehydes is 1. The Morgan fingerprint density at radius 1 is 0.741 bits per heavy atom. The summed E-state index contributed by atoms with van der Waals surface area (Å²) < 4.78 is 0. The first-order valence-electron chi connectivity index (χ1n) is 8.72. The van der Waals surface area contributed by atoms with Crippen molar-refractivity contribution in [3.05, 3.63) is 0 Å². The zero-order chi connectivity index (χ0) is 20.2. The van der Waals surface area contributed by atoms with E-state index >= 15 is 0 Å². The van der Waals surface area contributed by atoms with E-state index < -0.39 is 20.3 Å². The van der Waals surface area contributed by atoms with E-state index in [1.165, 1.54) is 0 Å². The van der Waals surface area contributed by atoms with Gasteiger partial charge in [-0.2, -0.15) is 0 Å². The van der Waals surface area contributed by atoms with Gasteiger partial charge in [-0.05, 0) is 0 Å². The molecule has 27 heavy (non-hydrogen) atoms. The number of aliphatic carboxylic acids is 2. The summed E-state index contributed by atoms with van der Waals surface area (Å²) in [6.45, 7) is 3.49. The van der Waals surface area contributed by atoms with Crippen LogP contribution in [0.5, 0.6) is 0 Å². The zero-order valence-corrected chi connectivity index (χ0v) is 16.2. The standard InChI is InChI=1S/C15H29N4O7P/c20-10-9-16-1-3-17(11-14(21)22)5-7-19(13-27(25)26)8-6-18(4-2-16)12-15(23)24/h10,25-26H,1-9,11-13H2,(H,21,22)(H,23,24). The van der Waals surface area contributed by atoms with Gasteiger partial charge in [0.2, 0.25) is 0 Å². The zero-order valence-electron chi connectivity index (χ0n) is 15.3. The van der Waals surface area contributed by atoms with Crippen molar-refractivity contribution in [1.82, 2.24) is 19.6 Å². The topological polar surface area (TPSA) is 145 Å². The van der Waals surface area contributed by atoms with Crippen molar-refractivity contribution >= 4 is 26.6 Å². The van der Waals surface area contributed by atoms with Gasteiger partial charge in [0.15, 0.2) is 8.38 Å². The van der Waals surface area contributed by atoms with E-state index in [2.05, 4.69) is 0 Å². The molecule has 0 amide bonds. The van der Waals surface area contributed by atoms with Crippen LogP contribution in [0.25, 0.3) is 0 Å². The number of carboxylic acid groups (broad SMARTS) is 2. The van der Waals surface area contributed by atoms with Gasteiger partial charge in [-0.1, -0.05) is 0 Å². The number of hydrogen-bond donors (Lipinski definition) is 4. The average Bonchev–Trinajstić information content (AvgIpc) is 2.56. The van der Waals surface area contributed by atoms with Crippen LogP contribution in [0.3, 0.4) is 0 Å². The normalized spacial score (nSPS) is 20.1. The minimum absolute atomic E-state index is 0.0639. The highest BCUT2D eigenvalue weighted by atomic mass is 31.2. The lowest BCUT2D eigenvalue weighted by Gasteiger charge is -2.33. The summed E-state index contributed by atoms with van der Waals surface area (Å²) >= 11 is 0. The van der Waals surface area contributed by atoms with Gasteiger partial charge in [0.1, 0.15) is 6.29 Å². The number of rotatable bonds is 8. The van der Waals surface area contributed by atoms with Crippen LogP contribution in [-0.4, -0.2) is 136 Å². The molecule has 4 N–H and O–H groups in total. The Morgan fingerprint density at radius 3 is 1.44 bits per heavy atom. The largest absolute Gasteiger partial charge is 0.480 e. The first-order chi connectivity index (χ1) is 12.8. The summed E-state index contributed by atoms with van der Waals surface area (Å²) in [5.74, 6) is -1.90. The van der Waals surface area contributed by atoms with Crippen LogP contribution >= 0.6 is 8.38 Å². The maximum atomic E-state index is 11.1. The third-order valence-electron chi connectivity index (χ3n) is 4.31. The van der Waals surface area contributed by atoms with Crippen LogP contribution < -0.4 is 0 Å². The van der Waals surface area contributed by atoms with E-state index in [1.54, 1.807) is 14.7 Å². The van der Waals surface area contributed by atoms with Gasteiger partial charge in [-0.15, -0.1) is 0 Å². The first kappa shape index (κ1) is 23.8. The molecule has 0 aromatic carbocycles. The van der Waals surface area contributed by atoms with Crippen molar-refractivity contribution in [2.75, 3.05) is 78.3 Å². The Bertz CT molecular complexity index is 451. The molecule has 0 saturated carbocycles. The van der Waals surface area contributed by atoms with Crippen LogP contribution in [0.2, 0.25) is 0 Å². The number of carbonyl (C=O) groups excluding carboxylic acids is 1. The van der Waals surface area contributed by atoms with Gasteiger partial charge in [-0.25, -0.2) is 0 Å². The number of carboxylic acids is 2. The summed E-state index contributed by atoms with van der Waals surface area (Å²) in [4.78, 5) is 58.9. The van der Waals surface area contributed by atoms with E-state index in [4.69, 9.17) is 10.2 Å². The summed E-state index contributed by atoms with van der Waals surface area (Å²) in [6.07, 6.45) is 0.843. The van der Waals surface area contributed by atoms with Gasteiger partial charge in [0.25, 0.3) is 0 Å². The molecule has 0 bridgehead atoms. The molecule has 0 radical (unpaired) electrons. The molecule has 0 aromatic rings. The van der Waals surface area contributed by atoms with Gasteiger partial charge in [0, 0.05) is 52.4 Å². The molecule has 0 unspecified atom stereocenters. The quantitative estimate of drug-likeness (QED) is 0.257. The maximum absolute atomic E-state index is 11.1. The van der Waals surface area contributed by atoms with Crippen molar-refractivity contribution in [2.24, 2.45) is 0 Å². The second-order valence-electron chi connectivity index (χ2n) is 6.44. The maximum Gasteiger partial charge on any atom is 0.317 e. The van der Waals surface area contributed by atoms with Crippen molar-refractivity contribution < 1.29 is 34.4 Å². The van der Waals surface area contributed by atoms with Crippen molar-refractivity contribution in [3.63, 3.8) is 0 Å². The van der Waals surface area contributed by atoms with Crippen molar-refractivity contribution in [3.8, 4) is 0 Å². The Labute approximate surface area is 159 Å². The molecule has 11 nitrogen and oxygen atoms in total. The molecule has 1 aliphatic rings. The molecule has 1 saturated heterocycles.